The summed E-state index contributed by atoms with van der Waals surface area (Å²) in [6.07, 6.45) is 6.06. The summed E-state index contributed by atoms with van der Waals surface area (Å²) in [5, 5.41) is 0. The number of ether oxygens (including phenoxy) is 1. The van der Waals surface area contributed by atoms with Gasteiger partial charge in [-0.05, 0) is 12.2 Å². The fourth-order valence-corrected chi connectivity index (χ4v) is 0.807. The molecule has 1 atom stereocenters. The maximum Gasteiger partial charge on any atom is 0.406 e. The van der Waals surface area contributed by atoms with Crippen LogP contribution in [-0.2, 0) is 4.74 Å². The SMILES string of the molecule is CCCl.CN1C=CC=CC1OC(N)=O. The molecule has 0 radical (unpaired) electrons. The average molecular weight is 219 g/mol. The molecule has 0 aliphatic carbocycles. The van der Waals surface area contributed by atoms with Gasteiger partial charge in [-0.1, -0.05) is 13.0 Å². The molecule has 0 aromatic carbocycles. The van der Waals surface area contributed by atoms with Crippen LogP contribution in [0.25, 0.3) is 0 Å². The largest absolute Gasteiger partial charge is 0.422 e. The van der Waals surface area contributed by atoms with E-state index in [0.29, 0.717) is 0 Å². The van der Waals surface area contributed by atoms with Crippen molar-refractivity contribution in [3.8, 4) is 0 Å². The minimum atomic E-state index is -0.762. The van der Waals surface area contributed by atoms with Gasteiger partial charge in [0.15, 0.2) is 6.23 Å². The molecule has 0 spiro atoms. The van der Waals surface area contributed by atoms with Crippen molar-refractivity contribution in [2.45, 2.75) is 13.2 Å². The van der Waals surface area contributed by atoms with E-state index < -0.39 is 6.09 Å². The topological polar surface area (TPSA) is 55.6 Å². The van der Waals surface area contributed by atoms with Gasteiger partial charge in [0.05, 0.1) is 0 Å². The maximum absolute atomic E-state index is 10.3. The fourth-order valence-electron chi connectivity index (χ4n) is 0.807. The van der Waals surface area contributed by atoms with E-state index in [-0.39, 0.29) is 6.23 Å². The van der Waals surface area contributed by atoms with E-state index in [4.69, 9.17) is 22.1 Å². The number of amides is 1. The molecule has 0 aromatic rings. The molecule has 2 N–H and O–H groups in total. The number of rotatable bonds is 1. The van der Waals surface area contributed by atoms with Crippen LogP contribution in [0.1, 0.15) is 6.92 Å². The lowest BCUT2D eigenvalue weighted by Gasteiger charge is -2.24. The van der Waals surface area contributed by atoms with Crippen molar-refractivity contribution in [3.05, 3.63) is 24.4 Å². The Morgan fingerprint density at radius 1 is 1.64 bits per heavy atom. The first kappa shape index (κ1) is 12.8. The normalized spacial score (nSPS) is 18.5. The molecule has 1 heterocycles. The molecule has 1 unspecified atom stereocenters. The summed E-state index contributed by atoms with van der Waals surface area (Å²) >= 11 is 5.00. The third-order valence-corrected chi connectivity index (χ3v) is 1.35. The van der Waals surface area contributed by atoms with E-state index in [9.17, 15) is 4.79 Å². The van der Waals surface area contributed by atoms with Crippen LogP contribution in [0.5, 0.6) is 0 Å². The average Bonchev–Trinajstić information content (AvgIpc) is 2.09. The van der Waals surface area contributed by atoms with Crippen molar-refractivity contribution in [1.29, 1.82) is 0 Å². The molecule has 1 rings (SSSR count). The molecule has 14 heavy (non-hydrogen) atoms. The lowest BCUT2D eigenvalue weighted by molar-refractivity contribution is 0.0616. The Kier molecular flexibility index (Phi) is 6.66. The molecule has 5 heteroatoms. The van der Waals surface area contributed by atoms with Crippen LogP contribution in [0.4, 0.5) is 4.79 Å². The summed E-state index contributed by atoms with van der Waals surface area (Å²) < 4.78 is 4.73. The highest BCUT2D eigenvalue weighted by molar-refractivity contribution is 6.17. The highest BCUT2D eigenvalue weighted by Gasteiger charge is 2.12. The molecule has 0 bridgehead atoms. The van der Waals surface area contributed by atoms with Crippen molar-refractivity contribution >= 4 is 17.7 Å². The van der Waals surface area contributed by atoms with Crippen molar-refractivity contribution in [1.82, 2.24) is 4.90 Å². The van der Waals surface area contributed by atoms with Crippen molar-refractivity contribution < 1.29 is 9.53 Å². The number of halogens is 1. The molecule has 0 aromatic heterocycles. The Labute approximate surface area is 89.0 Å². The van der Waals surface area contributed by atoms with Gasteiger partial charge in [0, 0.05) is 19.1 Å². The molecule has 0 saturated carbocycles. The van der Waals surface area contributed by atoms with Crippen LogP contribution < -0.4 is 5.73 Å². The second-order valence-electron chi connectivity index (χ2n) is 2.49. The molecule has 1 aliphatic rings. The van der Waals surface area contributed by atoms with Crippen molar-refractivity contribution in [2.24, 2.45) is 5.73 Å². The number of carbonyl (C=O) groups excluding carboxylic acids is 1. The molecule has 0 saturated heterocycles. The Balaban J connectivity index is 0.000000500. The van der Waals surface area contributed by atoms with Crippen molar-refractivity contribution in [3.63, 3.8) is 0 Å². The molecule has 4 nitrogen and oxygen atoms in total. The standard InChI is InChI=1S/C7H10N2O2.C2H5Cl/c1-9-5-3-2-4-6(9)11-7(8)10;1-2-3/h2-6H,1H3,(H2,8,10);2H2,1H3. The van der Waals surface area contributed by atoms with Gasteiger partial charge in [0.1, 0.15) is 0 Å². The number of hydrogen-bond acceptors (Lipinski definition) is 3. The summed E-state index contributed by atoms with van der Waals surface area (Å²) in [5.74, 6) is 0.722. The number of carbonyl (C=O) groups is 1. The smallest absolute Gasteiger partial charge is 0.406 e. The van der Waals surface area contributed by atoms with Crippen LogP contribution in [0, 0.1) is 0 Å². The third-order valence-electron chi connectivity index (χ3n) is 1.35. The zero-order valence-electron chi connectivity index (χ0n) is 8.31. The number of allylic oxidation sites excluding steroid dienone is 2. The first-order chi connectivity index (χ1) is 6.61. The number of alkyl halides is 1. The van der Waals surface area contributed by atoms with E-state index >= 15 is 0 Å². The summed E-state index contributed by atoms with van der Waals surface area (Å²) in [7, 11) is 1.80. The Morgan fingerprint density at radius 3 is 2.64 bits per heavy atom. The number of hydrogen-bond donors (Lipinski definition) is 1. The lowest BCUT2D eigenvalue weighted by atomic mass is 10.3. The summed E-state index contributed by atoms with van der Waals surface area (Å²) in [5.41, 5.74) is 4.84. The molecular weight excluding hydrogens is 204 g/mol. The molecule has 1 amide bonds. The monoisotopic (exact) mass is 218 g/mol. The molecule has 80 valence electrons. The summed E-state index contributed by atoms with van der Waals surface area (Å²) in [4.78, 5) is 12.1. The van der Waals surface area contributed by atoms with E-state index in [1.54, 1.807) is 30.3 Å². The quantitative estimate of drug-likeness (QED) is 0.682. The number of nitrogens with two attached hydrogens (primary N) is 1. The van der Waals surface area contributed by atoms with Gasteiger partial charge in [-0.2, -0.15) is 0 Å². The summed E-state index contributed by atoms with van der Waals surface area (Å²) in [6, 6.07) is 0. The second-order valence-corrected chi connectivity index (χ2v) is 3.02. The van der Waals surface area contributed by atoms with Crippen molar-refractivity contribution in [2.75, 3.05) is 12.9 Å². The zero-order chi connectivity index (χ0) is 11.0. The molecule has 1 aliphatic heterocycles. The van der Waals surface area contributed by atoms with Crippen LogP contribution in [0.2, 0.25) is 0 Å². The van der Waals surface area contributed by atoms with Gasteiger partial charge < -0.3 is 15.4 Å². The van der Waals surface area contributed by atoms with E-state index in [0.717, 1.165) is 5.88 Å². The molecule has 0 fully saturated rings. The van der Waals surface area contributed by atoms with Gasteiger partial charge in [-0.3, -0.25) is 0 Å². The number of primary amides is 1. The summed E-state index contributed by atoms with van der Waals surface area (Å²) in [6.45, 7) is 1.89. The Hall–Kier alpha value is -1.16. The fraction of sp³-hybridized carbons (Fsp3) is 0.444. The zero-order valence-corrected chi connectivity index (χ0v) is 9.07. The molecular formula is C9H15ClN2O2. The van der Waals surface area contributed by atoms with Gasteiger partial charge in [0.25, 0.3) is 0 Å². The minimum Gasteiger partial charge on any atom is -0.422 e. The lowest BCUT2D eigenvalue weighted by Crippen LogP contribution is -2.33. The second kappa shape index (κ2) is 7.26. The van der Waals surface area contributed by atoms with Crippen LogP contribution in [0.3, 0.4) is 0 Å². The highest BCUT2D eigenvalue weighted by Crippen LogP contribution is 2.06. The predicted octanol–water partition coefficient (Wildman–Crippen LogP) is 1.67. The van der Waals surface area contributed by atoms with Crippen LogP contribution >= 0.6 is 11.6 Å². The number of likely N-dealkylation sites (N-methyl/N-ethyl adjacent to an activating group) is 1. The first-order valence-corrected chi connectivity index (χ1v) is 4.74. The van der Waals surface area contributed by atoms with E-state index in [2.05, 4.69) is 0 Å². The van der Waals surface area contributed by atoms with Gasteiger partial charge >= 0.3 is 6.09 Å². The van der Waals surface area contributed by atoms with Gasteiger partial charge in [-0.25, -0.2) is 4.79 Å². The minimum absolute atomic E-state index is 0.363. The van der Waals surface area contributed by atoms with Crippen LogP contribution in [-0.4, -0.2) is 30.1 Å². The highest BCUT2D eigenvalue weighted by atomic mass is 35.5. The predicted molar refractivity (Wildman–Crippen MR) is 56.9 cm³/mol. The number of nitrogens with zero attached hydrogens (tertiary/aromatic N) is 1. The van der Waals surface area contributed by atoms with Gasteiger partial charge in [-0.15, -0.1) is 11.6 Å². The van der Waals surface area contributed by atoms with E-state index in [1.807, 2.05) is 13.0 Å². The first-order valence-electron chi connectivity index (χ1n) is 4.20. The third kappa shape index (κ3) is 5.48. The Bertz CT molecular complexity index is 229. The van der Waals surface area contributed by atoms with E-state index in [1.165, 1.54) is 0 Å². The van der Waals surface area contributed by atoms with Gasteiger partial charge in [0.2, 0.25) is 0 Å². The maximum atomic E-state index is 10.3. The van der Waals surface area contributed by atoms with Crippen LogP contribution in [0.15, 0.2) is 24.4 Å². The Morgan fingerprint density at radius 2 is 2.21 bits per heavy atom.